The molecule has 0 amide bonds. The van der Waals surface area contributed by atoms with Gasteiger partial charge >= 0.3 is 5.97 Å². The van der Waals surface area contributed by atoms with Gasteiger partial charge in [0.15, 0.2) is 0 Å². The van der Waals surface area contributed by atoms with Gasteiger partial charge in [-0.05, 0) is 44.4 Å². The standard InChI is InChI=1S/C16H29NO2/c1-3-12-5-4-6-15(11-12)17-14-9-7-13(8-10-14)16(18)19-2/h12-15,17H,3-11H2,1-2H3. The fourth-order valence-corrected chi connectivity index (χ4v) is 3.81. The molecule has 0 aromatic rings. The van der Waals surface area contributed by atoms with Crippen LogP contribution in [0, 0.1) is 11.8 Å². The van der Waals surface area contributed by atoms with Crippen LogP contribution in [-0.4, -0.2) is 25.2 Å². The second-order valence-electron chi connectivity index (χ2n) is 6.38. The Balaban J connectivity index is 1.71. The smallest absolute Gasteiger partial charge is 0.308 e. The third-order valence-corrected chi connectivity index (χ3v) is 5.09. The molecule has 0 aliphatic heterocycles. The Labute approximate surface area is 117 Å². The maximum atomic E-state index is 11.5. The molecular weight excluding hydrogens is 238 g/mol. The SMILES string of the molecule is CCC1CCCC(NC2CCC(C(=O)OC)CC2)C1. The van der Waals surface area contributed by atoms with Crippen molar-refractivity contribution in [3.63, 3.8) is 0 Å². The van der Waals surface area contributed by atoms with Crippen molar-refractivity contribution in [1.82, 2.24) is 5.32 Å². The molecule has 2 fully saturated rings. The first-order valence-corrected chi connectivity index (χ1v) is 8.06. The summed E-state index contributed by atoms with van der Waals surface area (Å²) in [6.45, 7) is 2.31. The summed E-state index contributed by atoms with van der Waals surface area (Å²) in [7, 11) is 1.50. The summed E-state index contributed by atoms with van der Waals surface area (Å²) in [4.78, 5) is 11.5. The molecule has 1 N–H and O–H groups in total. The van der Waals surface area contributed by atoms with Crippen molar-refractivity contribution in [2.75, 3.05) is 7.11 Å². The number of nitrogens with one attached hydrogen (secondary N) is 1. The van der Waals surface area contributed by atoms with E-state index in [2.05, 4.69) is 12.2 Å². The molecular formula is C16H29NO2. The van der Waals surface area contributed by atoms with Crippen LogP contribution in [0.25, 0.3) is 0 Å². The Morgan fingerprint density at radius 3 is 2.47 bits per heavy atom. The summed E-state index contributed by atoms with van der Waals surface area (Å²) in [5.74, 6) is 1.07. The lowest BCUT2D eigenvalue weighted by atomic mass is 9.82. The van der Waals surface area contributed by atoms with Gasteiger partial charge in [0.05, 0.1) is 13.0 Å². The fraction of sp³-hybridized carbons (Fsp3) is 0.938. The molecule has 2 aliphatic rings. The Hall–Kier alpha value is -0.570. The molecule has 0 aromatic carbocycles. The number of carbonyl (C=O) groups is 1. The summed E-state index contributed by atoms with van der Waals surface area (Å²) < 4.78 is 4.84. The molecule has 2 aliphatic carbocycles. The van der Waals surface area contributed by atoms with E-state index in [9.17, 15) is 4.79 Å². The highest BCUT2D eigenvalue weighted by atomic mass is 16.5. The Morgan fingerprint density at radius 1 is 1.11 bits per heavy atom. The van der Waals surface area contributed by atoms with Crippen molar-refractivity contribution in [3.8, 4) is 0 Å². The highest BCUT2D eigenvalue weighted by Gasteiger charge is 2.29. The molecule has 2 rings (SSSR count). The van der Waals surface area contributed by atoms with Gasteiger partial charge in [-0.1, -0.05) is 26.2 Å². The molecule has 0 bridgehead atoms. The van der Waals surface area contributed by atoms with Crippen LogP contribution in [0.15, 0.2) is 0 Å². The monoisotopic (exact) mass is 267 g/mol. The zero-order valence-corrected chi connectivity index (χ0v) is 12.5. The summed E-state index contributed by atoms with van der Waals surface area (Å²) in [5.41, 5.74) is 0. The van der Waals surface area contributed by atoms with E-state index in [0.29, 0.717) is 6.04 Å². The summed E-state index contributed by atoms with van der Waals surface area (Å²) >= 11 is 0. The van der Waals surface area contributed by atoms with Crippen molar-refractivity contribution in [2.24, 2.45) is 11.8 Å². The Kier molecular flexibility index (Phi) is 5.68. The molecule has 0 radical (unpaired) electrons. The molecule has 0 spiro atoms. The minimum absolute atomic E-state index is 0.0119. The van der Waals surface area contributed by atoms with Crippen LogP contribution in [0.5, 0.6) is 0 Å². The number of hydrogen-bond acceptors (Lipinski definition) is 3. The number of esters is 1. The summed E-state index contributed by atoms with van der Waals surface area (Å²) in [5, 5.41) is 3.85. The maximum absolute atomic E-state index is 11.5. The number of carbonyl (C=O) groups excluding carboxylic acids is 1. The van der Waals surface area contributed by atoms with E-state index in [1.165, 1.54) is 39.2 Å². The minimum atomic E-state index is -0.0119. The molecule has 2 saturated carbocycles. The van der Waals surface area contributed by atoms with E-state index in [1.807, 2.05) is 0 Å². The number of ether oxygens (including phenoxy) is 1. The Morgan fingerprint density at radius 2 is 1.84 bits per heavy atom. The molecule has 19 heavy (non-hydrogen) atoms. The zero-order valence-electron chi connectivity index (χ0n) is 12.5. The van der Waals surface area contributed by atoms with Crippen molar-refractivity contribution in [3.05, 3.63) is 0 Å². The van der Waals surface area contributed by atoms with Gasteiger partial charge in [-0.2, -0.15) is 0 Å². The van der Waals surface area contributed by atoms with Gasteiger partial charge in [-0.25, -0.2) is 0 Å². The largest absolute Gasteiger partial charge is 0.469 e. The molecule has 3 heteroatoms. The van der Waals surface area contributed by atoms with Crippen LogP contribution >= 0.6 is 0 Å². The summed E-state index contributed by atoms with van der Waals surface area (Å²) in [6.07, 6.45) is 11.1. The van der Waals surface area contributed by atoms with Crippen LogP contribution < -0.4 is 5.32 Å². The summed E-state index contributed by atoms with van der Waals surface area (Å²) in [6, 6.07) is 1.35. The van der Waals surface area contributed by atoms with Gasteiger partial charge in [0.1, 0.15) is 0 Å². The van der Waals surface area contributed by atoms with Gasteiger partial charge in [0, 0.05) is 12.1 Å². The second-order valence-corrected chi connectivity index (χ2v) is 6.38. The maximum Gasteiger partial charge on any atom is 0.308 e. The number of methoxy groups -OCH3 is 1. The van der Waals surface area contributed by atoms with Crippen LogP contribution in [0.1, 0.15) is 64.7 Å². The molecule has 3 nitrogen and oxygen atoms in total. The van der Waals surface area contributed by atoms with Gasteiger partial charge in [0.25, 0.3) is 0 Å². The highest BCUT2D eigenvalue weighted by molar-refractivity contribution is 5.72. The predicted octanol–water partition coefficient (Wildman–Crippen LogP) is 3.28. The molecule has 0 aromatic heterocycles. The van der Waals surface area contributed by atoms with Crippen LogP contribution in [0.4, 0.5) is 0 Å². The first-order chi connectivity index (χ1) is 9.22. The van der Waals surface area contributed by atoms with Gasteiger partial charge in [0.2, 0.25) is 0 Å². The molecule has 0 saturated heterocycles. The quantitative estimate of drug-likeness (QED) is 0.794. The van der Waals surface area contributed by atoms with Crippen molar-refractivity contribution < 1.29 is 9.53 Å². The molecule has 2 atom stereocenters. The van der Waals surface area contributed by atoms with Crippen molar-refractivity contribution in [1.29, 1.82) is 0 Å². The normalized spacial score (nSPS) is 35.9. The average molecular weight is 267 g/mol. The lowest BCUT2D eigenvalue weighted by Crippen LogP contribution is -2.43. The van der Waals surface area contributed by atoms with Gasteiger partial charge in [-0.3, -0.25) is 4.79 Å². The average Bonchev–Trinajstić information content (AvgIpc) is 2.47. The predicted molar refractivity (Wildman–Crippen MR) is 76.9 cm³/mol. The first kappa shape index (κ1) is 14.8. The zero-order chi connectivity index (χ0) is 13.7. The van der Waals surface area contributed by atoms with E-state index in [0.717, 1.165) is 37.6 Å². The van der Waals surface area contributed by atoms with Crippen molar-refractivity contribution in [2.45, 2.75) is 76.8 Å². The second kappa shape index (κ2) is 7.28. The van der Waals surface area contributed by atoms with E-state index < -0.39 is 0 Å². The Bertz CT molecular complexity index is 284. The van der Waals surface area contributed by atoms with Crippen LogP contribution in [0.3, 0.4) is 0 Å². The van der Waals surface area contributed by atoms with Gasteiger partial charge in [-0.15, -0.1) is 0 Å². The van der Waals surface area contributed by atoms with E-state index in [-0.39, 0.29) is 11.9 Å². The number of hydrogen-bond donors (Lipinski definition) is 1. The van der Waals surface area contributed by atoms with Gasteiger partial charge < -0.3 is 10.1 Å². The van der Waals surface area contributed by atoms with Crippen LogP contribution in [-0.2, 0) is 9.53 Å². The highest BCUT2D eigenvalue weighted by Crippen LogP contribution is 2.30. The third-order valence-electron chi connectivity index (χ3n) is 5.09. The lowest BCUT2D eigenvalue weighted by molar-refractivity contribution is -0.146. The minimum Gasteiger partial charge on any atom is -0.469 e. The third kappa shape index (κ3) is 4.20. The first-order valence-electron chi connectivity index (χ1n) is 8.06. The van der Waals surface area contributed by atoms with E-state index >= 15 is 0 Å². The van der Waals surface area contributed by atoms with E-state index in [1.54, 1.807) is 0 Å². The fourth-order valence-electron chi connectivity index (χ4n) is 3.81. The lowest BCUT2D eigenvalue weighted by Gasteiger charge is -2.35. The van der Waals surface area contributed by atoms with E-state index in [4.69, 9.17) is 4.74 Å². The molecule has 2 unspecified atom stereocenters. The van der Waals surface area contributed by atoms with Crippen LogP contribution in [0.2, 0.25) is 0 Å². The van der Waals surface area contributed by atoms with Crippen molar-refractivity contribution >= 4 is 5.97 Å². The number of rotatable bonds is 4. The topological polar surface area (TPSA) is 38.3 Å². The molecule has 110 valence electrons. The molecule has 0 heterocycles.